The summed E-state index contributed by atoms with van der Waals surface area (Å²) in [6, 6.07) is 3.64. The Morgan fingerprint density at radius 1 is 1.13 bits per heavy atom. The molecule has 4 aromatic heterocycles. The van der Waals surface area contributed by atoms with Crippen LogP contribution in [0.3, 0.4) is 0 Å². The Morgan fingerprint density at radius 3 is 2.68 bits per heavy atom. The number of likely N-dealkylation sites (N-methyl/N-ethyl adjacent to an activating group) is 1. The van der Waals surface area contributed by atoms with Gasteiger partial charge in [-0.2, -0.15) is 11.3 Å². The van der Waals surface area contributed by atoms with Crippen molar-refractivity contribution >= 4 is 34.8 Å². The Morgan fingerprint density at radius 2 is 1.95 bits per heavy atom. The first-order chi connectivity index (χ1) is 18.3. The Hall–Kier alpha value is -3.77. The van der Waals surface area contributed by atoms with Crippen LogP contribution >= 0.6 is 11.3 Å². The van der Waals surface area contributed by atoms with Gasteiger partial charge in [-0.1, -0.05) is 0 Å². The van der Waals surface area contributed by atoms with Crippen molar-refractivity contribution in [1.82, 2.24) is 34.6 Å². The summed E-state index contributed by atoms with van der Waals surface area (Å²) in [6.45, 7) is 9.63. The van der Waals surface area contributed by atoms with E-state index in [2.05, 4.69) is 37.4 Å². The van der Waals surface area contributed by atoms with Gasteiger partial charge in [-0.3, -0.25) is 4.40 Å². The Kier molecular flexibility index (Phi) is 7.43. The standard InChI is InChI=1S/C26H33N9O2S/c1-26(2,3)37-25(36)30-15-20(18-6-14-38-17-18)32-24-28-7-5-19(31-24)21-16-29-23-22(27-8-9-35(21)23)34-12-10-33(4)11-13-34/h5-9,14,16-17,20H,10-13,15H2,1-4H3,(H,30,36)(H,28,31,32). The van der Waals surface area contributed by atoms with E-state index in [1.54, 1.807) is 23.7 Å². The molecule has 0 radical (unpaired) electrons. The van der Waals surface area contributed by atoms with Gasteiger partial charge in [0, 0.05) is 51.3 Å². The van der Waals surface area contributed by atoms with Crippen LogP contribution in [0, 0.1) is 0 Å². The Balaban J connectivity index is 1.36. The number of hydrogen-bond donors (Lipinski definition) is 2. The highest BCUT2D eigenvalue weighted by molar-refractivity contribution is 7.08. The van der Waals surface area contributed by atoms with Gasteiger partial charge >= 0.3 is 6.09 Å². The number of piperazine rings is 1. The van der Waals surface area contributed by atoms with E-state index in [0.717, 1.165) is 54.6 Å². The number of anilines is 2. The third kappa shape index (κ3) is 6.03. The summed E-state index contributed by atoms with van der Waals surface area (Å²) < 4.78 is 7.42. The number of carbonyl (C=O) groups is 1. The summed E-state index contributed by atoms with van der Waals surface area (Å²) in [5.41, 5.74) is 2.84. The molecule has 1 unspecified atom stereocenters. The molecule has 0 spiro atoms. The predicted molar refractivity (Wildman–Crippen MR) is 149 cm³/mol. The molecule has 5 rings (SSSR count). The van der Waals surface area contributed by atoms with Crippen molar-refractivity contribution in [2.45, 2.75) is 32.4 Å². The van der Waals surface area contributed by atoms with E-state index >= 15 is 0 Å². The van der Waals surface area contributed by atoms with Gasteiger partial charge in [0.25, 0.3) is 0 Å². The number of thiophene rings is 1. The van der Waals surface area contributed by atoms with Crippen molar-refractivity contribution in [2.24, 2.45) is 0 Å². The zero-order valence-electron chi connectivity index (χ0n) is 22.1. The molecule has 2 N–H and O–H groups in total. The number of ether oxygens (including phenoxy) is 1. The average molecular weight is 536 g/mol. The topological polar surface area (TPSA) is 113 Å². The number of nitrogens with one attached hydrogen (secondary N) is 2. The first kappa shape index (κ1) is 25.9. The SMILES string of the molecule is CN1CCN(c2nccn3c(-c4ccnc(NC(CNC(=O)OC(C)(C)C)c5ccsc5)n4)cnc23)CC1. The molecule has 11 nitrogen and oxygen atoms in total. The molecular formula is C26H33N9O2S. The van der Waals surface area contributed by atoms with Crippen molar-refractivity contribution in [3.63, 3.8) is 0 Å². The molecule has 0 aliphatic carbocycles. The lowest BCUT2D eigenvalue weighted by Gasteiger charge is -2.33. The van der Waals surface area contributed by atoms with Gasteiger partial charge in [-0.25, -0.2) is 24.7 Å². The lowest BCUT2D eigenvalue weighted by atomic mass is 10.1. The second-order valence-corrected chi connectivity index (χ2v) is 11.1. The number of nitrogens with zero attached hydrogens (tertiary/aromatic N) is 7. The van der Waals surface area contributed by atoms with Gasteiger partial charge in [-0.15, -0.1) is 0 Å². The third-order valence-electron chi connectivity index (χ3n) is 6.23. The second kappa shape index (κ2) is 10.9. The number of rotatable bonds is 7. The van der Waals surface area contributed by atoms with E-state index in [1.165, 1.54) is 0 Å². The summed E-state index contributed by atoms with van der Waals surface area (Å²) in [6.07, 6.45) is 6.79. The van der Waals surface area contributed by atoms with Gasteiger partial charge in [0.2, 0.25) is 5.95 Å². The van der Waals surface area contributed by atoms with Gasteiger partial charge in [-0.05, 0) is 56.3 Å². The average Bonchev–Trinajstić information content (AvgIpc) is 3.57. The molecule has 5 heterocycles. The molecule has 4 aromatic rings. The largest absolute Gasteiger partial charge is 0.444 e. The van der Waals surface area contributed by atoms with Gasteiger partial charge in [0.1, 0.15) is 5.60 Å². The molecule has 1 fully saturated rings. The van der Waals surface area contributed by atoms with E-state index in [0.29, 0.717) is 12.5 Å². The first-order valence-electron chi connectivity index (χ1n) is 12.6. The molecule has 1 aliphatic heterocycles. The van der Waals surface area contributed by atoms with E-state index in [4.69, 9.17) is 14.7 Å². The molecule has 1 aliphatic rings. The highest BCUT2D eigenvalue weighted by Crippen LogP contribution is 2.26. The zero-order valence-corrected chi connectivity index (χ0v) is 22.9. The minimum Gasteiger partial charge on any atom is -0.444 e. The van der Waals surface area contributed by atoms with Crippen LogP contribution in [0.2, 0.25) is 0 Å². The monoisotopic (exact) mass is 535 g/mol. The molecule has 12 heteroatoms. The summed E-state index contributed by atoms with van der Waals surface area (Å²) >= 11 is 1.59. The lowest BCUT2D eigenvalue weighted by molar-refractivity contribution is 0.0525. The first-order valence-corrected chi connectivity index (χ1v) is 13.6. The van der Waals surface area contributed by atoms with Crippen LogP contribution in [-0.2, 0) is 4.74 Å². The number of imidazole rings is 1. The van der Waals surface area contributed by atoms with Gasteiger partial charge in [0.15, 0.2) is 11.5 Å². The smallest absolute Gasteiger partial charge is 0.407 e. The van der Waals surface area contributed by atoms with Crippen LogP contribution in [0.5, 0.6) is 0 Å². The number of alkyl carbamates (subject to hydrolysis) is 1. The van der Waals surface area contributed by atoms with Crippen molar-refractivity contribution in [2.75, 3.05) is 50.0 Å². The van der Waals surface area contributed by atoms with Crippen molar-refractivity contribution in [1.29, 1.82) is 0 Å². The Labute approximate surface area is 225 Å². The minimum absolute atomic E-state index is 0.237. The summed E-state index contributed by atoms with van der Waals surface area (Å²) in [5, 5.41) is 10.3. The van der Waals surface area contributed by atoms with Gasteiger partial charge < -0.3 is 25.2 Å². The Bertz CT molecular complexity index is 1380. The fraction of sp³-hybridized carbons (Fsp3) is 0.423. The van der Waals surface area contributed by atoms with Crippen LogP contribution in [-0.4, -0.2) is 80.7 Å². The molecule has 200 valence electrons. The summed E-state index contributed by atoms with van der Waals surface area (Å²) in [4.78, 5) is 35.4. The number of hydrogen-bond acceptors (Lipinski definition) is 10. The summed E-state index contributed by atoms with van der Waals surface area (Å²) in [5.74, 6) is 1.33. The molecule has 1 atom stereocenters. The highest BCUT2D eigenvalue weighted by atomic mass is 32.1. The van der Waals surface area contributed by atoms with E-state index in [-0.39, 0.29) is 6.04 Å². The molecule has 0 bridgehead atoms. The molecule has 0 aromatic carbocycles. The number of fused-ring (bicyclic) bond motifs is 1. The lowest BCUT2D eigenvalue weighted by Crippen LogP contribution is -2.45. The maximum Gasteiger partial charge on any atom is 0.407 e. The third-order valence-corrected chi connectivity index (χ3v) is 6.93. The number of amides is 1. The fourth-order valence-electron chi connectivity index (χ4n) is 4.29. The van der Waals surface area contributed by atoms with Crippen LogP contribution in [0.4, 0.5) is 16.6 Å². The maximum atomic E-state index is 12.3. The quantitative estimate of drug-likeness (QED) is 0.366. The highest BCUT2D eigenvalue weighted by Gasteiger charge is 2.22. The minimum atomic E-state index is -0.569. The van der Waals surface area contributed by atoms with Crippen LogP contribution in [0.1, 0.15) is 32.4 Å². The molecule has 1 amide bonds. The van der Waals surface area contributed by atoms with Crippen molar-refractivity contribution < 1.29 is 9.53 Å². The molecule has 0 saturated carbocycles. The van der Waals surface area contributed by atoms with E-state index in [1.807, 2.05) is 60.5 Å². The predicted octanol–water partition coefficient (Wildman–Crippen LogP) is 3.68. The van der Waals surface area contributed by atoms with Gasteiger partial charge in [0.05, 0.1) is 23.6 Å². The fourth-order valence-corrected chi connectivity index (χ4v) is 5.00. The zero-order chi connectivity index (χ0) is 26.7. The number of carbonyl (C=O) groups excluding carboxylic acids is 1. The molecule has 1 saturated heterocycles. The molecular weight excluding hydrogens is 502 g/mol. The van der Waals surface area contributed by atoms with Crippen LogP contribution < -0.4 is 15.5 Å². The molecule has 38 heavy (non-hydrogen) atoms. The van der Waals surface area contributed by atoms with Crippen LogP contribution in [0.15, 0.2) is 47.7 Å². The number of aromatic nitrogens is 5. The second-order valence-electron chi connectivity index (χ2n) is 10.3. The van der Waals surface area contributed by atoms with E-state index < -0.39 is 11.7 Å². The maximum absolute atomic E-state index is 12.3. The van der Waals surface area contributed by atoms with Crippen molar-refractivity contribution in [3.8, 4) is 11.4 Å². The summed E-state index contributed by atoms with van der Waals surface area (Å²) in [7, 11) is 2.14. The van der Waals surface area contributed by atoms with E-state index in [9.17, 15) is 4.79 Å². The normalized spacial score (nSPS) is 15.4. The van der Waals surface area contributed by atoms with Crippen LogP contribution in [0.25, 0.3) is 17.0 Å². The van der Waals surface area contributed by atoms with Crippen molar-refractivity contribution in [3.05, 3.63) is 53.2 Å².